The summed E-state index contributed by atoms with van der Waals surface area (Å²) in [5.74, 6) is 0.361. The van der Waals surface area contributed by atoms with E-state index < -0.39 is 41.0 Å². The molecular weight excluding hydrogens is 1070 g/mol. The molecule has 5 heterocycles. The molecular formula is C58H74N7O11S3+. The molecule has 0 aromatic heterocycles. The van der Waals surface area contributed by atoms with Gasteiger partial charge in [0.1, 0.15) is 12.4 Å². The molecule has 424 valence electrons. The van der Waals surface area contributed by atoms with Crippen LogP contribution in [0.2, 0.25) is 0 Å². The number of allylic oxidation sites excluding steroid dienone is 1. The maximum Gasteiger partial charge on any atom is 0.294 e. The van der Waals surface area contributed by atoms with Crippen LogP contribution in [0.15, 0.2) is 113 Å². The van der Waals surface area contributed by atoms with E-state index in [1.807, 2.05) is 18.2 Å². The number of sulfonamides is 2. The molecule has 5 N–H and O–H groups in total. The number of benzene rings is 4. The molecule has 9 rings (SSSR count). The zero-order valence-corrected chi connectivity index (χ0v) is 48.4. The number of ether oxygens (including phenoxy) is 2. The molecule has 4 aromatic carbocycles. The van der Waals surface area contributed by atoms with E-state index >= 15 is 0 Å². The van der Waals surface area contributed by atoms with Crippen LogP contribution in [0, 0.1) is 0 Å². The van der Waals surface area contributed by atoms with Crippen molar-refractivity contribution in [3.05, 3.63) is 130 Å². The van der Waals surface area contributed by atoms with Crippen molar-refractivity contribution in [1.29, 1.82) is 0 Å². The van der Waals surface area contributed by atoms with Gasteiger partial charge in [0, 0.05) is 96.5 Å². The van der Waals surface area contributed by atoms with Crippen LogP contribution in [-0.4, -0.2) is 134 Å². The molecule has 0 radical (unpaired) electrons. The molecule has 18 nitrogen and oxygen atoms in total. The third kappa shape index (κ3) is 13.6. The lowest BCUT2D eigenvalue weighted by Crippen LogP contribution is -2.47. The van der Waals surface area contributed by atoms with E-state index in [9.17, 15) is 39.4 Å². The summed E-state index contributed by atoms with van der Waals surface area (Å²) in [6.45, 7) is 13.7. The van der Waals surface area contributed by atoms with Crippen LogP contribution in [0.4, 0.5) is 22.7 Å². The van der Waals surface area contributed by atoms with Gasteiger partial charge < -0.3 is 25.0 Å². The molecule has 2 unspecified atom stereocenters. The molecule has 4 aromatic rings. The summed E-state index contributed by atoms with van der Waals surface area (Å²) in [4.78, 5) is 30.7. The molecule has 0 spiro atoms. The summed E-state index contributed by atoms with van der Waals surface area (Å²) in [5.41, 5.74) is 10.6. The Labute approximate surface area is 465 Å². The number of carbonyl (C=O) groups excluding carboxylic acids is 2. The summed E-state index contributed by atoms with van der Waals surface area (Å²) in [6.07, 6.45) is 10.8. The number of amides is 2. The zero-order chi connectivity index (χ0) is 56.5. The van der Waals surface area contributed by atoms with Crippen molar-refractivity contribution in [2.75, 3.05) is 79.3 Å². The molecule has 2 atom stereocenters. The number of unbranched alkanes of at least 4 members (excludes halogenated alkanes) is 3. The van der Waals surface area contributed by atoms with Crippen molar-refractivity contribution in [2.45, 2.75) is 113 Å². The topological polar surface area (TPSA) is 233 Å². The quantitative estimate of drug-likeness (QED) is 0.0272. The Bertz CT molecular complexity index is 3430. The van der Waals surface area contributed by atoms with Crippen molar-refractivity contribution in [3.63, 3.8) is 0 Å². The van der Waals surface area contributed by atoms with Crippen LogP contribution in [0.1, 0.15) is 94.9 Å². The fourth-order valence-corrected chi connectivity index (χ4v) is 13.6. The molecule has 0 saturated carbocycles. The zero-order valence-electron chi connectivity index (χ0n) is 45.9. The van der Waals surface area contributed by atoms with Crippen LogP contribution in [0.25, 0.3) is 0 Å². The molecule has 0 saturated heterocycles. The molecule has 0 bridgehead atoms. The first-order valence-corrected chi connectivity index (χ1v) is 32.4. The van der Waals surface area contributed by atoms with Crippen LogP contribution >= 0.6 is 0 Å². The van der Waals surface area contributed by atoms with E-state index in [0.717, 1.165) is 134 Å². The first-order chi connectivity index (χ1) is 37.3. The van der Waals surface area contributed by atoms with Gasteiger partial charge in [-0.2, -0.15) is 13.0 Å². The van der Waals surface area contributed by atoms with Gasteiger partial charge in [-0.15, -0.1) is 0 Å². The maximum absolute atomic E-state index is 13.3. The largest absolute Gasteiger partial charge is 0.492 e. The van der Waals surface area contributed by atoms with Gasteiger partial charge in [0.05, 0.1) is 41.5 Å². The second-order valence-electron chi connectivity index (χ2n) is 22.5. The number of nitrogens with one attached hydrogen (secondary N) is 4. The van der Waals surface area contributed by atoms with Crippen molar-refractivity contribution >= 4 is 70.4 Å². The number of fused-ring (bicyclic) bond motifs is 8. The van der Waals surface area contributed by atoms with Gasteiger partial charge in [0.15, 0.2) is 12.3 Å². The third-order valence-electron chi connectivity index (χ3n) is 15.7. The van der Waals surface area contributed by atoms with Gasteiger partial charge in [-0.3, -0.25) is 28.5 Å². The third-order valence-corrected chi connectivity index (χ3v) is 17.7. The monoisotopic (exact) mass is 1140 g/mol. The molecule has 2 amide bonds. The Morgan fingerprint density at radius 1 is 0.734 bits per heavy atom. The average molecular weight is 1140 g/mol. The van der Waals surface area contributed by atoms with E-state index in [1.165, 1.54) is 11.8 Å². The summed E-state index contributed by atoms with van der Waals surface area (Å²) < 4.78 is 101. The predicted octanol–water partition coefficient (Wildman–Crippen LogP) is 6.95. The fourth-order valence-electron chi connectivity index (χ4n) is 12.0. The Hall–Kier alpha value is -6.10. The highest BCUT2D eigenvalue weighted by Crippen LogP contribution is 2.54. The lowest BCUT2D eigenvalue weighted by Gasteiger charge is -2.42. The average Bonchev–Trinajstić information content (AvgIpc) is 2.80. The number of nitrogens with zero attached hydrogens (tertiary/aromatic N) is 3. The number of carbonyl (C=O) groups is 2. The van der Waals surface area contributed by atoms with Crippen LogP contribution in [0.3, 0.4) is 0 Å². The molecule has 5 aliphatic rings. The van der Waals surface area contributed by atoms with Crippen LogP contribution in [0.5, 0.6) is 5.75 Å². The highest BCUT2D eigenvalue weighted by atomic mass is 32.2. The minimum atomic E-state index is -4.37. The van der Waals surface area contributed by atoms with Gasteiger partial charge in [-0.25, -0.2) is 16.8 Å². The minimum absolute atomic E-state index is 0.0684. The number of rotatable bonds is 24. The van der Waals surface area contributed by atoms with Crippen molar-refractivity contribution in [3.8, 4) is 5.75 Å². The van der Waals surface area contributed by atoms with Gasteiger partial charge in [0.25, 0.3) is 10.1 Å². The normalized spacial score (nSPS) is 18.9. The lowest BCUT2D eigenvalue weighted by atomic mass is 9.74. The Kier molecular flexibility index (Phi) is 16.9. The molecule has 79 heavy (non-hydrogen) atoms. The first-order valence-electron chi connectivity index (χ1n) is 27.2. The van der Waals surface area contributed by atoms with Gasteiger partial charge in [0.2, 0.25) is 37.5 Å². The molecule has 0 aliphatic carbocycles. The van der Waals surface area contributed by atoms with E-state index in [1.54, 1.807) is 48.5 Å². The second kappa shape index (κ2) is 23.2. The highest BCUT2D eigenvalue weighted by Gasteiger charge is 2.54. The van der Waals surface area contributed by atoms with Crippen molar-refractivity contribution < 1.29 is 53.4 Å². The first kappa shape index (κ1) is 57.6. The summed E-state index contributed by atoms with van der Waals surface area (Å²) in [5, 5.41) is 5.94. The number of anilines is 3. The summed E-state index contributed by atoms with van der Waals surface area (Å²) in [7, 11) is -11.1. The van der Waals surface area contributed by atoms with Crippen LogP contribution < -0.4 is 29.7 Å². The Morgan fingerprint density at radius 2 is 1.41 bits per heavy atom. The molecule has 0 fully saturated rings. The molecule has 21 heteroatoms. The highest BCUT2D eigenvalue weighted by molar-refractivity contribution is 7.92. The Balaban J connectivity index is 0.725. The van der Waals surface area contributed by atoms with Crippen LogP contribution in [-0.2, 0) is 68.2 Å². The van der Waals surface area contributed by atoms with Gasteiger partial charge in [-0.05, 0) is 123 Å². The van der Waals surface area contributed by atoms with Crippen molar-refractivity contribution in [2.24, 2.45) is 0 Å². The number of hydrogen-bond acceptors (Lipinski definition) is 12. The van der Waals surface area contributed by atoms with Gasteiger partial charge in [-0.1, -0.05) is 51.0 Å². The predicted molar refractivity (Wildman–Crippen MR) is 307 cm³/mol. The lowest BCUT2D eigenvalue weighted by molar-refractivity contribution is -0.445. The Morgan fingerprint density at radius 3 is 2.10 bits per heavy atom. The number of hydrogen-bond donors (Lipinski definition) is 5. The standard InChI is InChI=1S/C58H73N7O11S3/c1-57(2)47-35-40(13-21-49(47)64-31-25-51-45(55(57)64)38-46-52(76-51)26-32-65-50-22-20-44(79(72,73)74)37-48(50)58(3,4)56(46)65)36-54(67)60-28-23-53(66)59-27-9-7-8-10-29-63(30-24-39-11-14-41(15-12-39)61-77(5,68)69)33-34-75-43-18-16-42(17-19-43)62-78(6,70)71/h11-22,35,37-38,51-52,61-62H,7-10,23-34,36H2,1-6H3,(H2-,59,60,66,67,72,73,74)/p+1. The maximum atomic E-state index is 13.3. The smallest absolute Gasteiger partial charge is 0.294 e. The van der Waals surface area contributed by atoms with Crippen molar-refractivity contribution in [1.82, 2.24) is 15.5 Å². The summed E-state index contributed by atoms with van der Waals surface area (Å²) >= 11 is 0. The fraction of sp³-hybridized carbons (Fsp3) is 0.466. The minimum Gasteiger partial charge on any atom is -0.492 e. The van der Waals surface area contributed by atoms with Gasteiger partial charge >= 0.3 is 0 Å². The molecule has 5 aliphatic heterocycles. The van der Waals surface area contributed by atoms with E-state index in [2.05, 4.69) is 80.4 Å². The SMILES string of the molecule is CC1(C)C2=C3C=C4C5=[N+](CCC4OC3CCN2c2ccc(CC(=O)NCCC(=O)NCCCCCCN(CCOc3ccc(NS(C)(=O)=O)cc3)CCc3ccc(NS(C)(=O)=O)cc3)cc21)c1ccc(S(=O)(=O)O)cc1C5(C)C. The van der Waals surface area contributed by atoms with E-state index in [-0.39, 0.29) is 48.3 Å². The summed E-state index contributed by atoms with van der Waals surface area (Å²) in [6, 6.07) is 25.3. The van der Waals surface area contributed by atoms with E-state index in [0.29, 0.717) is 36.8 Å². The van der Waals surface area contributed by atoms with E-state index in [4.69, 9.17) is 9.47 Å². The second-order valence-corrected chi connectivity index (χ2v) is 27.4.